The zero-order chi connectivity index (χ0) is 11.8. The average molecular weight is 237 g/mol. The molecule has 0 N–H and O–H groups in total. The van der Waals surface area contributed by atoms with Crippen LogP contribution in [-0.4, -0.2) is 11.8 Å². The molecule has 0 spiro atoms. The summed E-state index contributed by atoms with van der Waals surface area (Å²) in [5, 5.41) is 0. The molecule has 0 aromatic rings. The fraction of sp³-hybridized carbons (Fsp3) is 0.917. The van der Waals surface area contributed by atoms with Crippen LogP contribution in [0.4, 0.5) is 17.6 Å². The van der Waals surface area contributed by atoms with Crippen LogP contribution in [-0.2, 0) is 0 Å². The molecule has 0 nitrogen and oxygen atoms in total. The molecule has 4 heteroatoms. The number of hydrogen-bond donors (Lipinski definition) is 0. The SMILES string of the molecule is FC1(F)CC[C](C2CCCC(F)(F)C2)CC1. The molecule has 0 amide bonds. The molecule has 0 bridgehead atoms. The van der Waals surface area contributed by atoms with Crippen molar-refractivity contribution in [2.75, 3.05) is 0 Å². The first-order valence-corrected chi connectivity index (χ1v) is 5.98. The zero-order valence-electron chi connectivity index (χ0n) is 9.25. The van der Waals surface area contributed by atoms with Gasteiger partial charge in [-0.1, -0.05) is 0 Å². The van der Waals surface area contributed by atoms with Crippen LogP contribution in [0.15, 0.2) is 0 Å². The fourth-order valence-electron chi connectivity index (χ4n) is 2.87. The van der Waals surface area contributed by atoms with Gasteiger partial charge in [-0.2, -0.15) is 0 Å². The molecule has 2 saturated carbocycles. The van der Waals surface area contributed by atoms with Crippen LogP contribution in [0.1, 0.15) is 51.4 Å². The van der Waals surface area contributed by atoms with Gasteiger partial charge in [0.2, 0.25) is 11.8 Å². The van der Waals surface area contributed by atoms with Crippen molar-refractivity contribution >= 4 is 0 Å². The summed E-state index contributed by atoms with van der Waals surface area (Å²) < 4.78 is 52.3. The van der Waals surface area contributed by atoms with E-state index >= 15 is 0 Å². The summed E-state index contributed by atoms with van der Waals surface area (Å²) >= 11 is 0. The van der Waals surface area contributed by atoms with E-state index in [2.05, 4.69) is 0 Å². The topological polar surface area (TPSA) is 0 Å². The van der Waals surface area contributed by atoms with Gasteiger partial charge in [0.25, 0.3) is 0 Å². The van der Waals surface area contributed by atoms with Crippen molar-refractivity contribution in [3.05, 3.63) is 5.92 Å². The van der Waals surface area contributed by atoms with Crippen molar-refractivity contribution in [3.63, 3.8) is 0 Å². The molecule has 0 aromatic carbocycles. The van der Waals surface area contributed by atoms with Crippen LogP contribution < -0.4 is 0 Å². The Labute approximate surface area is 93.4 Å². The maximum atomic E-state index is 13.2. The lowest BCUT2D eigenvalue weighted by atomic mass is 9.72. The Hall–Kier alpha value is -0.280. The molecule has 2 aliphatic rings. The highest BCUT2D eigenvalue weighted by molar-refractivity contribution is 5.04. The second kappa shape index (κ2) is 4.19. The predicted molar refractivity (Wildman–Crippen MR) is 53.6 cm³/mol. The van der Waals surface area contributed by atoms with Crippen molar-refractivity contribution in [1.29, 1.82) is 0 Å². The summed E-state index contributed by atoms with van der Waals surface area (Å²) in [4.78, 5) is 0. The zero-order valence-corrected chi connectivity index (χ0v) is 9.25. The van der Waals surface area contributed by atoms with Crippen molar-refractivity contribution in [2.45, 2.75) is 63.2 Å². The first-order valence-electron chi connectivity index (χ1n) is 5.98. The second-order valence-electron chi connectivity index (χ2n) is 5.16. The Morgan fingerprint density at radius 2 is 1.50 bits per heavy atom. The van der Waals surface area contributed by atoms with Gasteiger partial charge in [0.1, 0.15) is 0 Å². The first-order chi connectivity index (χ1) is 7.38. The Morgan fingerprint density at radius 1 is 0.875 bits per heavy atom. The lowest BCUT2D eigenvalue weighted by Gasteiger charge is -2.37. The van der Waals surface area contributed by atoms with Crippen LogP contribution >= 0.6 is 0 Å². The largest absolute Gasteiger partial charge is 0.248 e. The molecule has 2 aliphatic carbocycles. The molecule has 1 unspecified atom stereocenters. The van der Waals surface area contributed by atoms with Crippen LogP contribution in [0, 0.1) is 11.8 Å². The summed E-state index contributed by atoms with van der Waals surface area (Å²) in [5.74, 6) is -4.29. The molecule has 0 saturated heterocycles. The number of halogens is 4. The van der Waals surface area contributed by atoms with Crippen LogP contribution in [0.25, 0.3) is 0 Å². The highest BCUT2D eigenvalue weighted by atomic mass is 19.3. The van der Waals surface area contributed by atoms with Crippen molar-refractivity contribution in [1.82, 2.24) is 0 Å². The minimum absolute atomic E-state index is 0.0348. The van der Waals surface area contributed by atoms with E-state index in [0.717, 1.165) is 12.3 Å². The van der Waals surface area contributed by atoms with E-state index in [1.54, 1.807) is 0 Å². The Bertz CT molecular complexity index is 239. The van der Waals surface area contributed by atoms with Gasteiger partial charge in [0, 0.05) is 25.7 Å². The molecule has 16 heavy (non-hydrogen) atoms. The maximum absolute atomic E-state index is 13.2. The average Bonchev–Trinajstić information content (AvgIpc) is 2.16. The van der Waals surface area contributed by atoms with Gasteiger partial charge >= 0.3 is 0 Å². The highest BCUT2D eigenvalue weighted by Crippen LogP contribution is 2.47. The van der Waals surface area contributed by atoms with E-state index in [1.807, 2.05) is 0 Å². The summed E-state index contributed by atoms with van der Waals surface area (Å²) in [6.45, 7) is 0. The lowest BCUT2D eigenvalue weighted by Crippen LogP contribution is -2.33. The molecule has 0 aliphatic heterocycles. The van der Waals surface area contributed by atoms with Gasteiger partial charge in [0.05, 0.1) is 0 Å². The van der Waals surface area contributed by atoms with E-state index in [1.165, 1.54) is 0 Å². The Morgan fingerprint density at radius 3 is 2.06 bits per heavy atom. The number of rotatable bonds is 1. The smallest absolute Gasteiger partial charge is 0.207 e. The monoisotopic (exact) mass is 237 g/mol. The molecular weight excluding hydrogens is 220 g/mol. The Balaban J connectivity index is 1.89. The maximum Gasteiger partial charge on any atom is 0.248 e. The minimum atomic E-state index is -2.57. The van der Waals surface area contributed by atoms with Gasteiger partial charge in [-0.3, -0.25) is 0 Å². The van der Waals surface area contributed by atoms with E-state index in [-0.39, 0.29) is 31.6 Å². The van der Waals surface area contributed by atoms with Crippen LogP contribution in [0.5, 0.6) is 0 Å². The van der Waals surface area contributed by atoms with Gasteiger partial charge in [0.15, 0.2) is 0 Å². The van der Waals surface area contributed by atoms with Crippen molar-refractivity contribution < 1.29 is 17.6 Å². The fourth-order valence-corrected chi connectivity index (χ4v) is 2.87. The van der Waals surface area contributed by atoms with E-state index < -0.39 is 11.8 Å². The molecule has 93 valence electrons. The van der Waals surface area contributed by atoms with Crippen molar-refractivity contribution in [3.8, 4) is 0 Å². The van der Waals surface area contributed by atoms with E-state index in [0.29, 0.717) is 19.3 Å². The number of alkyl halides is 4. The third-order valence-corrected chi connectivity index (χ3v) is 3.84. The van der Waals surface area contributed by atoms with Crippen molar-refractivity contribution in [2.24, 2.45) is 5.92 Å². The Kier molecular flexibility index (Phi) is 3.19. The van der Waals surface area contributed by atoms with Crippen LogP contribution in [0.3, 0.4) is 0 Å². The van der Waals surface area contributed by atoms with Crippen LogP contribution in [0.2, 0.25) is 0 Å². The van der Waals surface area contributed by atoms with Gasteiger partial charge in [-0.05, 0) is 37.5 Å². The minimum Gasteiger partial charge on any atom is -0.207 e. The summed E-state index contributed by atoms with van der Waals surface area (Å²) in [7, 11) is 0. The molecule has 1 radical (unpaired) electrons. The first kappa shape index (κ1) is 12.2. The predicted octanol–water partition coefficient (Wildman–Crippen LogP) is 4.60. The molecular formula is C12H17F4. The van der Waals surface area contributed by atoms with Gasteiger partial charge in [-0.15, -0.1) is 0 Å². The van der Waals surface area contributed by atoms with Gasteiger partial charge in [-0.25, -0.2) is 17.6 Å². The molecule has 1 atom stereocenters. The third kappa shape index (κ3) is 2.89. The quantitative estimate of drug-likeness (QED) is 0.585. The lowest BCUT2D eigenvalue weighted by molar-refractivity contribution is -0.0611. The second-order valence-corrected chi connectivity index (χ2v) is 5.16. The van der Waals surface area contributed by atoms with E-state index in [9.17, 15) is 17.6 Å². The van der Waals surface area contributed by atoms with Gasteiger partial charge < -0.3 is 0 Å². The molecule has 0 aromatic heterocycles. The summed E-state index contributed by atoms with van der Waals surface area (Å²) in [6.07, 6.45) is 1.52. The molecule has 0 heterocycles. The number of hydrogen-bond acceptors (Lipinski definition) is 0. The third-order valence-electron chi connectivity index (χ3n) is 3.84. The van der Waals surface area contributed by atoms with E-state index in [4.69, 9.17) is 0 Å². The summed E-state index contributed by atoms with van der Waals surface area (Å²) in [5.41, 5.74) is 0. The summed E-state index contributed by atoms with van der Waals surface area (Å²) in [6, 6.07) is 0. The molecule has 2 rings (SSSR count). The highest BCUT2D eigenvalue weighted by Gasteiger charge is 2.43. The molecule has 2 fully saturated rings. The normalized spacial score (nSPS) is 34.9. The standard InChI is InChI=1S/C12H17F4/c13-11(14)6-3-9(4-7-11)10-2-1-5-12(15,16)8-10/h10H,1-8H2.